The minimum atomic E-state index is -0.0387. The number of rotatable bonds is 5. The zero-order valence-corrected chi connectivity index (χ0v) is 15.2. The maximum absolute atomic E-state index is 12.5. The molecule has 0 atom stereocenters. The van der Waals surface area contributed by atoms with Crippen molar-refractivity contribution in [3.8, 4) is 0 Å². The minimum Gasteiger partial charge on any atom is -0.359 e. The van der Waals surface area contributed by atoms with Crippen molar-refractivity contribution in [2.75, 3.05) is 5.32 Å². The van der Waals surface area contributed by atoms with Gasteiger partial charge < -0.3 is 10.6 Å². The number of nitrogens with one attached hydrogen (secondary N) is 2. The predicted octanol–water partition coefficient (Wildman–Crippen LogP) is 4.43. The van der Waals surface area contributed by atoms with Crippen molar-refractivity contribution in [3.05, 3.63) is 46.0 Å². The molecule has 0 radical (unpaired) electrons. The van der Waals surface area contributed by atoms with Gasteiger partial charge in [-0.2, -0.15) is 0 Å². The lowest BCUT2D eigenvalue weighted by Gasteiger charge is -2.22. The van der Waals surface area contributed by atoms with Crippen LogP contribution in [0.3, 0.4) is 0 Å². The number of nitrogens with zero attached hydrogens (tertiary/aromatic N) is 1. The molecule has 1 amide bonds. The molecule has 1 heterocycles. The van der Waals surface area contributed by atoms with Crippen molar-refractivity contribution in [1.29, 1.82) is 0 Å². The van der Waals surface area contributed by atoms with Crippen LogP contribution < -0.4 is 10.6 Å². The quantitative estimate of drug-likeness (QED) is 0.844. The maximum Gasteiger partial charge on any atom is 0.263 e. The lowest BCUT2D eigenvalue weighted by Crippen LogP contribution is -2.22. The third kappa shape index (κ3) is 4.35. The molecule has 1 aliphatic carbocycles. The minimum absolute atomic E-state index is 0.0387. The monoisotopic (exact) mass is 343 g/mol. The van der Waals surface area contributed by atoms with Gasteiger partial charge in [-0.1, -0.05) is 60.4 Å². The first-order valence-corrected chi connectivity index (χ1v) is 9.51. The second kappa shape index (κ2) is 7.79. The van der Waals surface area contributed by atoms with Crippen LogP contribution in [0.2, 0.25) is 0 Å². The standard InChI is InChI=1S/C19H25N3OS/c1-13-7-6-8-15(11-13)12-20-18(23)17-14(2)21-19(24-17)22-16-9-4-3-5-10-16/h6-8,11,16H,3-5,9-10,12H2,1-2H3,(H,20,23)(H,21,22). The topological polar surface area (TPSA) is 54.0 Å². The number of anilines is 1. The molecule has 1 aromatic heterocycles. The van der Waals surface area contributed by atoms with Gasteiger partial charge in [0.25, 0.3) is 5.91 Å². The highest BCUT2D eigenvalue weighted by Crippen LogP contribution is 2.27. The summed E-state index contributed by atoms with van der Waals surface area (Å²) in [7, 11) is 0. The fourth-order valence-corrected chi connectivity index (χ4v) is 4.13. The summed E-state index contributed by atoms with van der Waals surface area (Å²) in [6, 6.07) is 8.70. The van der Waals surface area contributed by atoms with Crippen LogP contribution in [-0.2, 0) is 6.54 Å². The van der Waals surface area contributed by atoms with Crippen LogP contribution in [0.15, 0.2) is 24.3 Å². The summed E-state index contributed by atoms with van der Waals surface area (Å²) in [6.45, 7) is 4.51. The van der Waals surface area contributed by atoms with Crippen LogP contribution >= 0.6 is 11.3 Å². The Morgan fingerprint density at radius 3 is 2.79 bits per heavy atom. The Labute approximate surface area is 147 Å². The molecule has 1 aliphatic rings. The number of hydrogen-bond donors (Lipinski definition) is 2. The summed E-state index contributed by atoms with van der Waals surface area (Å²) in [6.07, 6.45) is 6.31. The first kappa shape index (κ1) is 17.0. The molecule has 0 aliphatic heterocycles. The van der Waals surface area contributed by atoms with Crippen molar-refractivity contribution in [2.24, 2.45) is 0 Å². The zero-order chi connectivity index (χ0) is 16.9. The van der Waals surface area contributed by atoms with E-state index in [1.165, 1.54) is 49.0 Å². The Morgan fingerprint density at radius 1 is 1.25 bits per heavy atom. The summed E-state index contributed by atoms with van der Waals surface area (Å²) in [5.41, 5.74) is 3.13. The lowest BCUT2D eigenvalue weighted by atomic mass is 9.96. The second-order valence-corrected chi connectivity index (χ2v) is 7.58. The fourth-order valence-electron chi connectivity index (χ4n) is 3.18. The smallest absolute Gasteiger partial charge is 0.263 e. The van der Waals surface area contributed by atoms with Crippen LogP contribution in [0.25, 0.3) is 0 Å². The van der Waals surface area contributed by atoms with Gasteiger partial charge in [0.05, 0.1) is 5.69 Å². The molecule has 3 rings (SSSR count). The molecule has 0 bridgehead atoms. The van der Waals surface area contributed by atoms with Gasteiger partial charge in [-0.25, -0.2) is 4.98 Å². The Morgan fingerprint density at radius 2 is 2.04 bits per heavy atom. The van der Waals surface area contributed by atoms with E-state index in [2.05, 4.69) is 34.7 Å². The molecule has 2 aromatic rings. The average Bonchev–Trinajstić information content (AvgIpc) is 2.94. The van der Waals surface area contributed by atoms with Gasteiger partial charge in [0, 0.05) is 12.6 Å². The van der Waals surface area contributed by atoms with Gasteiger partial charge in [-0.05, 0) is 32.3 Å². The summed E-state index contributed by atoms with van der Waals surface area (Å²) in [4.78, 5) is 17.7. The number of carbonyl (C=O) groups is 1. The molecule has 0 unspecified atom stereocenters. The molecule has 1 saturated carbocycles. The number of hydrogen-bond acceptors (Lipinski definition) is 4. The number of carbonyl (C=O) groups excluding carboxylic acids is 1. The molecule has 2 N–H and O–H groups in total. The van der Waals surface area contributed by atoms with E-state index >= 15 is 0 Å². The highest BCUT2D eigenvalue weighted by molar-refractivity contribution is 7.17. The van der Waals surface area contributed by atoms with E-state index in [0.29, 0.717) is 17.5 Å². The number of aromatic nitrogens is 1. The Hall–Kier alpha value is -1.88. The first-order valence-electron chi connectivity index (χ1n) is 8.69. The summed E-state index contributed by atoms with van der Waals surface area (Å²) < 4.78 is 0. The largest absolute Gasteiger partial charge is 0.359 e. The summed E-state index contributed by atoms with van der Waals surface area (Å²) in [5.74, 6) is -0.0387. The molecule has 0 saturated heterocycles. The summed E-state index contributed by atoms with van der Waals surface area (Å²) in [5, 5.41) is 7.38. The highest BCUT2D eigenvalue weighted by Gasteiger charge is 2.18. The average molecular weight is 343 g/mol. The normalized spacial score (nSPS) is 15.2. The van der Waals surface area contributed by atoms with Gasteiger partial charge in [-0.3, -0.25) is 4.79 Å². The molecule has 1 aromatic carbocycles. The van der Waals surface area contributed by atoms with E-state index in [9.17, 15) is 4.79 Å². The first-order chi connectivity index (χ1) is 11.6. The van der Waals surface area contributed by atoms with Crippen molar-refractivity contribution in [3.63, 3.8) is 0 Å². The van der Waals surface area contributed by atoms with Gasteiger partial charge in [0.2, 0.25) is 0 Å². The summed E-state index contributed by atoms with van der Waals surface area (Å²) >= 11 is 1.47. The van der Waals surface area contributed by atoms with Crippen LogP contribution in [-0.4, -0.2) is 16.9 Å². The van der Waals surface area contributed by atoms with Gasteiger partial charge in [-0.15, -0.1) is 0 Å². The number of aryl methyl sites for hydroxylation is 2. The molecule has 5 heteroatoms. The Kier molecular flexibility index (Phi) is 5.51. The molecule has 128 valence electrons. The lowest BCUT2D eigenvalue weighted by molar-refractivity contribution is 0.0954. The van der Waals surface area contributed by atoms with Crippen molar-refractivity contribution >= 4 is 22.4 Å². The van der Waals surface area contributed by atoms with Gasteiger partial charge in [0.15, 0.2) is 5.13 Å². The number of benzene rings is 1. The zero-order valence-electron chi connectivity index (χ0n) is 14.4. The van der Waals surface area contributed by atoms with Gasteiger partial charge in [0.1, 0.15) is 4.88 Å². The molecular formula is C19H25N3OS. The molecule has 1 fully saturated rings. The van der Waals surface area contributed by atoms with E-state index in [4.69, 9.17) is 0 Å². The predicted molar refractivity (Wildman–Crippen MR) is 99.7 cm³/mol. The Bertz CT molecular complexity index is 704. The molecule has 4 nitrogen and oxygen atoms in total. The second-order valence-electron chi connectivity index (χ2n) is 6.58. The SMILES string of the molecule is Cc1cccc(CNC(=O)c2sc(NC3CCCCC3)nc2C)c1. The van der Waals surface area contributed by atoms with Crippen LogP contribution in [0.1, 0.15) is 58.6 Å². The highest BCUT2D eigenvalue weighted by atomic mass is 32.1. The van der Waals surface area contributed by atoms with Crippen LogP contribution in [0.5, 0.6) is 0 Å². The van der Waals surface area contributed by atoms with E-state index in [0.717, 1.165) is 16.4 Å². The third-order valence-corrected chi connectivity index (χ3v) is 5.56. The van der Waals surface area contributed by atoms with Gasteiger partial charge >= 0.3 is 0 Å². The number of thiazole rings is 1. The fraction of sp³-hybridized carbons (Fsp3) is 0.474. The van der Waals surface area contributed by atoms with Crippen molar-refractivity contribution in [2.45, 2.75) is 58.5 Å². The third-order valence-electron chi connectivity index (χ3n) is 4.47. The Balaban J connectivity index is 1.60. The van der Waals surface area contributed by atoms with Crippen LogP contribution in [0.4, 0.5) is 5.13 Å². The van der Waals surface area contributed by atoms with E-state index < -0.39 is 0 Å². The van der Waals surface area contributed by atoms with Crippen molar-refractivity contribution in [1.82, 2.24) is 10.3 Å². The molecule has 0 spiro atoms. The van der Waals surface area contributed by atoms with E-state index in [-0.39, 0.29) is 5.91 Å². The van der Waals surface area contributed by atoms with E-state index in [1.807, 2.05) is 19.1 Å². The molecule has 24 heavy (non-hydrogen) atoms. The number of amides is 1. The van der Waals surface area contributed by atoms with Crippen LogP contribution in [0, 0.1) is 13.8 Å². The maximum atomic E-state index is 12.5. The van der Waals surface area contributed by atoms with E-state index in [1.54, 1.807) is 0 Å². The van der Waals surface area contributed by atoms with Crippen molar-refractivity contribution < 1.29 is 4.79 Å². The molecular weight excluding hydrogens is 318 g/mol.